The summed E-state index contributed by atoms with van der Waals surface area (Å²) < 4.78 is 37.5. The van der Waals surface area contributed by atoms with Crippen LogP contribution in [0.15, 0.2) is 36.4 Å². The maximum absolute atomic E-state index is 13.7. The molecule has 2 atom stereocenters. The van der Waals surface area contributed by atoms with Crippen LogP contribution in [0.5, 0.6) is 5.75 Å². The number of amides is 3. The van der Waals surface area contributed by atoms with Crippen molar-refractivity contribution in [1.29, 1.82) is 0 Å². The van der Waals surface area contributed by atoms with Gasteiger partial charge in [0.25, 0.3) is 12.0 Å². The zero-order valence-corrected chi connectivity index (χ0v) is 25.4. The smallest absolute Gasteiger partial charge is 0.490 e. The maximum atomic E-state index is 13.7. The summed E-state index contributed by atoms with van der Waals surface area (Å²) in [6, 6.07) is 10.5. The van der Waals surface area contributed by atoms with Crippen LogP contribution in [-0.2, 0) is 26.4 Å². The molecule has 2 aromatic rings. The van der Waals surface area contributed by atoms with E-state index in [0.29, 0.717) is 51.3 Å². The molecule has 45 heavy (non-hydrogen) atoms. The van der Waals surface area contributed by atoms with Crippen LogP contribution < -0.4 is 15.3 Å². The second-order valence-corrected chi connectivity index (χ2v) is 11.8. The Morgan fingerprint density at radius 1 is 1.16 bits per heavy atom. The van der Waals surface area contributed by atoms with Gasteiger partial charge in [-0.15, -0.1) is 0 Å². The van der Waals surface area contributed by atoms with E-state index in [-0.39, 0.29) is 16.3 Å². The van der Waals surface area contributed by atoms with E-state index in [1.54, 1.807) is 17.4 Å². The summed E-state index contributed by atoms with van der Waals surface area (Å²) in [6.45, 7) is 7.11. The first-order chi connectivity index (χ1) is 20.9. The molecule has 2 unspecified atom stereocenters. The number of halogens is 3. The number of benzene rings is 1. The highest BCUT2D eigenvalue weighted by molar-refractivity contribution is 5.94. The van der Waals surface area contributed by atoms with Crippen LogP contribution >= 0.6 is 0 Å². The van der Waals surface area contributed by atoms with Crippen molar-refractivity contribution in [2.24, 2.45) is 5.92 Å². The van der Waals surface area contributed by atoms with Gasteiger partial charge in [-0.2, -0.15) is 13.2 Å². The number of nitrogens with one attached hydrogen (secondary N) is 1. The monoisotopic (exact) mass is 638 g/mol. The fourth-order valence-electron chi connectivity index (χ4n) is 5.82. The summed E-state index contributed by atoms with van der Waals surface area (Å²) in [6.07, 6.45) is -4.89. The van der Waals surface area contributed by atoms with Crippen LogP contribution in [0.2, 0.25) is 0 Å². The van der Waals surface area contributed by atoms with E-state index in [9.17, 15) is 37.9 Å². The Bertz CT molecular complexity index is 1390. The SMILES string of the molecule is Cc1cc(COc2ccc(C3(C)CCN(C(C(=O)NO)C4CC[N+](C)(C(=O)[O-])CC4)C3=O)cc2)cc(C)n1.O=C(O)C(F)(F)F. The Morgan fingerprint density at radius 2 is 1.69 bits per heavy atom. The van der Waals surface area contributed by atoms with Gasteiger partial charge >= 0.3 is 12.1 Å². The molecule has 0 saturated carbocycles. The number of hydrogen-bond donors (Lipinski definition) is 3. The van der Waals surface area contributed by atoms with Crippen LogP contribution in [-0.4, -0.2) is 87.5 Å². The Hall–Kier alpha value is -4.24. The molecule has 2 fully saturated rings. The minimum Gasteiger partial charge on any atom is -0.498 e. The van der Waals surface area contributed by atoms with E-state index in [2.05, 4.69) is 4.98 Å². The van der Waals surface area contributed by atoms with Crippen molar-refractivity contribution in [3.63, 3.8) is 0 Å². The molecule has 3 amide bonds. The van der Waals surface area contributed by atoms with Crippen LogP contribution in [0.3, 0.4) is 0 Å². The molecule has 15 heteroatoms. The van der Waals surface area contributed by atoms with E-state index in [0.717, 1.165) is 22.5 Å². The number of rotatable bonds is 7. The number of carboxylic acid groups (broad SMARTS) is 2. The van der Waals surface area contributed by atoms with Crippen molar-refractivity contribution in [3.05, 3.63) is 58.9 Å². The van der Waals surface area contributed by atoms with Crippen LogP contribution in [0.1, 0.15) is 48.7 Å². The lowest BCUT2D eigenvalue weighted by Gasteiger charge is -2.43. The fraction of sp³-hybridized carbons (Fsp3) is 0.500. The summed E-state index contributed by atoms with van der Waals surface area (Å²) in [5.74, 6) is -3.18. The van der Waals surface area contributed by atoms with Crippen molar-refractivity contribution in [2.45, 2.75) is 64.3 Å². The van der Waals surface area contributed by atoms with Crippen molar-refractivity contribution in [1.82, 2.24) is 15.4 Å². The summed E-state index contributed by atoms with van der Waals surface area (Å²) in [5.41, 5.74) is 4.61. The van der Waals surface area contributed by atoms with Gasteiger partial charge in [0.1, 0.15) is 18.4 Å². The van der Waals surface area contributed by atoms with Gasteiger partial charge in [0, 0.05) is 30.8 Å². The average molecular weight is 639 g/mol. The molecule has 0 radical (unpaired) electrons. The minimum absolute atomic E-state index is 0.190. The number of pyridine rings is 1. The quantitative estimate of drug-likeness (QED) is 0.234. The number of piperidine rings is 1. The number of hydroxylamine groups is 1. The van der Waals surface area contributed by atoms with Crippen molar-refractivity contribution < 1.29 is 57.0 Å². The molecule has 2 aliphatic heterocycles. The van der Waals surface area contributed by atoms with Gasteiger partial charge in [0.05, 0.1) is 25.6 Å². The number of carbonyl (C=O) groups excluding carboxylic acids is 3. The standard InChI is InChI=1S/C28H36N4O6.C2HF3O2/c1-18-15-20(16-19(2)29-18)17-38-23-7-5-22(6-8-23)28(3)11-12-31(26(28)34)24(25(33)30-37)21-9-13-32(4,14-10-21)27(35)36;3-2(4,5)1(6)7/h5-8,15-16,21,24H,9-14,17H2,1-4H3,(H2-,30,33,35,36,37);(H,6,7). The number of likely N-dealkylation sites (tertiary alicyclic amines) is 2. The lowest BCUT2D eigenvalue weighted by Crippen LogP contribution is -2.62. The highest BCUT2D eigenvalue weighted by Crippen LogP contribution is 2.39. The molecule has 2 saturated heterocycles. The van der Waals surface area contributed by atoms with Crippen LogP contribution in [0.4, 0.5) is 18.0 Å². The van der Waals surface area contributed by atoms with E-state index in [1.807, 2.05) is 57.2 Å². The second-order valence-electron chi connectivity index (χ2n) is 11.8. The highest BCUT2D eigenvalue weighted by atomic mass is 19.4. The predicted molar refractivity (Wildman–Crippen MR) is 150 cm³/mol. The van der Waals surface area contributed by atoms with E-state index >= 15 is 0 Å². The summed E-state index contributed by atoms with van der Waals surface area (Å²) in [4.78, 5) is 52.8. The number of quaternary nitrogens is 1. The van der Waals surface area contributed by atoms with Gasteiger partial charge in [-0.05, 0) is 68.5 Å². The van der Waals surface area contributed by atoms with Crippen molar-refractivity contribution in [3.8, 4) is 5.75 Å². The number of nitrogens with zero attached hydrogens (tertiary/aromatic N) is 3. The fourth-order valence-corrected chi connectivity index (χ4v) is 5.82. The first-order valence-corrected chi connectivity index (χ1v) is 14.2. The lowest BCUT2D eigenvalue weighted by molar-refractivity contribution is -0.863. The van der Waals surface area contributed by atoms with Crippen LogP contribution in [0, 0.1) is 19.8 Å². The third-order valence-electron chi connectivity index (χ3n) is 8.46. The Balaban J connectivity index is 0.000000707. The second kappa shape index (κ2) is 13.8. The normalized spacial score (nSPS) is 23.9. The van der Waals surface area contributed by atoms with Crippen molar-refractivity contribution in [2.75, 3.05) is 26.7 Å². The lowest BCUT2D eigenvalue weighted by atomic mass is 9.80. The first kappa shape index (κ1) is 35.2. The van der Waals surface area contributed by atoms with Crippen molar-refractivity contribution >= 4 is 23.9 Å². The van der Waals surface area contributed by atoms with Gasteiger partial charge in [0.2, 0.25) is 5.91 Å². The molecule has 0 aliphatic carbocycles. The molecule has 0 spiro atoms. The molecule has 1 aromatic carbocycles. The van der Waals surface area contributed by atoms with Gasteiger partial charge in [-0.1, -0.05) is 12.1 Å². The average Bonchev–Trinajstić information content (AvgIpc) is 3.27. The number of ether oxygens (including phenoxy) is 1. The highest BCUT2D eigenvalue weighted by Gasteiger charge is 2.50. The number of alkyl halides is 3. The molecule has 4 rings (SSSR count). The third kappa shape index (κ3) is 8.28. The molecule has 2 aliphatic rings. The number of carboxylic acids is 1. The molecule has 246 valence electrons. The Kier molecular flexibility index (Phi) is 10.8. The van der Waals surface area contributed by atoms with Gasteiger partial charge < -0.3 is 24.6 Å². The van der Waals surface area contributed by atoms with E-state index in [4.69, 9.17) is 14.6 Å². The summed E-state index contributed by atoms with van der Waals surface area (Å²) >= 11 is 0. The molecule has 0 bridgehead atoms. The molecular weight excluding hydrogens is 601 g/mol. The van der Waals surface area contributed by atoms with Gasteiger partial charge in [0.15, 0.2) is 0 Å². The number of aryl methyl sites for hydroxylation is 2. The van der Waals surface area contributed by atoms with Gasteiger partial charge in [-0.3, -0.25) is 24.3 Å². The van der Waals surface area contributed by atoms with E-state index < -0.39 is 35.6 Å². The number of aromatic nitrogens is 1. The minimum atomic E-state index is -5.08. The summed E-state index contributed by atoms with van der Waals surface area (Å²) in [7, 11) is 1.59. The first-order valence-electron chi connectivity index (χ1n) is 14.2. The zero-order chi connectivity index (χ0) is 33.7. The van der Waals surface area contributed by atoms with E-state index in [1.165, 1.54) is 0 Å². The third-order valence-corrected chi connectivity index (χ3v) is 8.46. The van der Waals surface area contributed by atoms with Gasteiger partial charge in [-0.25, -0.2) is 10.3 Å². The largest absolute Gasteiger partial charge is 0.498 e. The van der Waals surface area contributed by atoms with Crippen LogP contribution in [0.25, 0.3) is 0 Å². The topological polar surface area (TPSA) is 169 Å². The summed E-state index contributed by atoms with van der Waals surface area (Å²) in [5, 5.41) is 28.1. The number of aliphatic carboxylic acids is 1. The predicted octanol–water partition coefficient (Wildman–Crippen LogP) is 2.47. The molecule has 3 heterocycles. The maximum Gasteiger partial charge on any atom is 0.490 e. The molecule has 1 aromatic heterocycles. The Morgan fingerprint density at radius 3 is 2.16 bits per heavy atom. The number of hydrogen-bond acceptors (Lipinski definition) is 8. The molecule has 3 N–H and O–H groups in total. The molecular formula is C30H37F3N4O8. The number of carbonyl (C=O) groups is 4. The molecule has 12 nitrogen and oxygen atoms in total. The zero-order valence-electron chi connectivity index (χ0n) is 25.4. The Labute approximate surface area is 258 Å².